The Labute approximate surface area is 146 Å². The number of sulfone groups is 1. The molecule has 2 aromatic rings. The number of halogens is 1. The van der Waals surface area contributed by atoms with Crippen LogP contribution in [0.2, 0.25) is 0 Å². The van der Waals surface area contributed by atoms with E-state index in [-0.39, 0.29) is 17.1 Å². The highest BCUT2D eigenvalue weighted by Crippen LogP contribution is 2.18. The second kappa shape index (κ2) is 8.07. The van der Waals surface area contributed by atoms with Gasteiger partial charge in [-0.15, -0.1) is 0 Å². The van der Waals surface area contributed by atoms with Crippen molar-refractivity contribution in [2.45, 2.75) is 18.7 Å². The van der Waals surface area contributed by atoms with Gasteiger partial charge < -0.3 is 4.74 Å². The van der Waals surface area contributed by atoms with E-state index in [2.05, 4.69) is 0 Å². The Balaban J connectivity index is 2.37. The van der Waals surface area contributed by atoms with Crippen LogP contribution in [-0.4, -0.2) is 26.7 Å². The largest absolute Gasteiger partial charge is 0.463 e. The van der Waals surface area contributed by atoms with Gasteiger partial charge in [0.05, 0.1) is 22.8 Å². The first kappa shape index (κ1) is 18.9. The molecule has 0 unspecified atom stereocenters. The fourth-order valence-corrected chi connectivity index (χ4v) is 3.51. The number of rotatable bonds is 6. The van der Waals surface area contributed by atoms with E-state index >= 15 is 0 Å². The first-order valence-electron chi connectivity index (χ1n) is 7.74. The van der Waals surface area contributed by atoms with Crippen LogP contribution in [0, 0.1) is 12.7 Å². The summed E-state index contributed by atoms with van der Waals surface area (Å²) in [5, 5.41) is 0. The van der Waals surface area contributed by atoms with Gasteiger partial charge in [-0.3, -0.25) is 0 Å². The van der Waals surface area contributed by atoms with Crippen LogP contribution in [0.5, 0.6) is 0 Å². The summed E-state index contributed by atoms with van der Waals surface area (Å²) >= 11 is 0. The van der Waals surface area contributed by atoms with Gasteiger partial charge in [0.2, 0.25) is 0 Å². The molecule has 6 heteroatoms. The quantitative estimate of drug-likeness (QED) is 0.582. The number of esters is 1. The van der Waals surface area contributed by atoms with Crippen LogP contribution < -0.4 is 0 Å². The molecule has 0 spiro atoms. The van der Waals surface area contributed by atoms with Crippen LogP contribution in [0.4, 0.5) is 4.39 Å². The predicted molar refractivity (Wildman–Crippen MR) is 94.2 cm³/mol. The van der Waals surface area contributed by atoms with Crippen LogP contribution in [-0.2, 0) is 19.4 Å². The van der Waals surface area contributed by atoms with Gasteiger partial charge in [0.25, 0.3) is 0 Å². The van der Waals surface area contributed by atoms with Gasteiger partial charge in [-0.2, -0.15) is 0 Å². The van der Waals surface area contributed by atoms with Gasteiger partial charge in [-0.1, -0.05) is 29.8 Å². The van der Waals surface area contributed by atoms with Gasteiger partial charge in [-0.25, -0.2) is 17.6 Å². The maximum absolute atomic E-state index is 13.0. The first-order valence-corrected chi connectivity index (χ1v) is 9.40. The van der Waals surface area contributed by atoms with Crippen molar-refractivity contribution in [3.8, 4) is 0 Å². The highest BCUT2D eigenvalue weighted by Gasteiger charge is 2.22. The van der Waals surface area contributed by atoms with Crippen LogP contribution in [0.3, 0.4) is 0 Å². The maximum Gasteiger partial charge on any atom is 0.335 e. The van der Waals surface area contributed by atoms with Crippen molar-refractivity contribution in [3.05, 3.63) is 71.0 Å². The molecule has 2 aromatic carbocycles. The molecule has 0 heterocycles. The molecule has 0 aliphatic carbocycles. The summed E-state index contributed by atoms with van der Waals surface area (Å²) in [5.41, 5.74) is 1.45. The average Bonchev–Trinajstić information content (AvgIpc) is 2.56. The lowest BCUT2D eigenvalue weighted by Crippen LogP contribution is -2.17. The normalized spacial score (nSPS) is 12.0. The highest BCUT2D eigenvalue weighted by atomic mass is 32.2. The lowest BCUT2D eigenvalue weighted by atomic mass is 10.1. The minimum atomic E-state index is -3.71. The third-order valence-electron chi connectivity index (χ3n) is 3.47. The first-order chi connectivity index (χ1) is 11.8. The van der Waals surface area contributed by atoms with Gasteiger partial charge in [0.15, 0.2) is 9.84 Å². The molecular weight excluding hydrogens is 343 g/mol. The Bertz CT molecular complexity index is 867. The zero-order valence-corrected chi connectivity index (χ0v) is 14.8. The van der Waals surface area contributed by atoms with Gasteiger partial charge in [0, 0.05) is 0 Å². The van der Waals surface area contributed by atoms with E-state index in [0.717, 1.165) is 5.56 Å². The van der Waals surface area contributed by atoms with E-state index in [9.17, 15) is 17.6 Å². The fraction of sp³-hybridized carbons (Fsp3) is 0.211. The Morgan fingerprint density at radius 1 is 1.08 bits per heavy atom. The summed E-state index contributed by atoms with van der Waals surface area (Å²) in [7, 11) is -3.71. The van der Waals surface area contributed by atoms with Gasteiger partial charge in [0.1, 0.15) is 5.82 Å². The van der Waals surface area contributed by atoms with Crippen molar-refractivity contribution in [3.63, 3.8) is 0 Å². The molecular formula is C19H19FO4S. The minimum Gasteiger partial charge on any atom is -0.463 e. The third kappa shape index (κ3) is 5.26. The smallest absolute Gasteiger partial charge is 0.335 e. The number of ether oxygens (including phenoxy) is 1. The second-order valence-electron chi connectivity index (χ2n) is 5.51. The van der Waals surface area contributed by atoms with Crippen LogP contribution >= 0.6 is 0 Å². The van der Waals surface area contributed by atoms with Crippen molar-refractivity contribution in [1.29, 1.82) is 0 Å². The van der Waals surface area contributed by atoms with Crippen molar-refractivity contribution in [1.82, 2.24) is 0 Å². The van der Waals surface area contributed by atoms with Crippen molar-refractivity contribution < 1.29 is 22.3 Å². The monoisotopic (exact) mass is 362 g/mol. The van der Waals surface area contributed by atoms with E-state index in [0.29, 0.717) is 5.56 Å². The summed E-state index contributed by atoms with van der Waals surface area (Å²) in [6.45, 7) is 3.63. The molecule has 0 bridgehead atoms. The number of aryl methyl sites for hydroxylation is 1. The second-order valence-corrected chi connectivity index (χ2v) is 7.50. The van der Waals surface area contributed by atoms with E-state index in [4.69, 9.17) is 4.74 Å². The van der Waals surface area contributed by atoms with Gasteiger partial charge in [-0.05, 0) is 49.8 Å². The molecule has 0 aromatic heterocycles. The average molecular weight is 362 g/mol. The predicted octanol–water partition coefficient (Wildman–Crippen LogP) is 3.55. The highest BCUT2D eigenvalue weighted by molar-refractivity contribution is 7.91. The van der Waals surface area contributed by atoms with Crippen molar-refractivity contribution in [2.75, 3.05) is 12.4 Å². The molecule has 0 amide bonds. The lowest BCUT2D eigenvalue weighted by Gasteiger charge is -2.09. The number of carbonyl (C=O) groups excluding carboxylic acids is 1. The van der Waals surface area contributed by atoms with E-state index in [1.165, 1.54) is 42.5 Å². The number of carbonyl (C=O) groups is 1. The molecule has 0 aliphatic rings. The molecule has 4 nitrogen and oxygen atoms in total. The molecule has 2 rings (SSSR count). The Hall–Kier alpha value is -2.47. The Morgan fingerprint density at radius 2 is 1.68 bits per heavy atom. The molecule has 0 saturated heterocycles. The summed E-state index contributed by atoms with van der Waals surface area (Å²) in [6.07, 6.45) is 1.41. The molecule has 0 saturated carbocycles. The van der Waals surface area contributed by atoms with Crippen LogP contribution in [0.1, 0.15) is 18.1 Å². The standard InChI is InChI=1S/C19H19FO4S/c1-3-24-19(21)16(12-15-6-8-17(20)9-7-15)13-25(22,23)18-10-4-14(2)5-11-18/h4-12H,3,13H2,1-2H3/b16-12-. The Kier molecular flexibility index (Phi) is 6.09. The number of hydrogen-bond acceptors (Lipinski definition) is 4. The topological polar surface area (TPSA) is 60.4 Å². The van der Waals surface area contributed by atoms with E-state index in [1.54, 1.807) is 19.1 Å². The molecule has 0 fully saturated rings. The number of hydrogen-bond donors (Lipinski definition) is 0. The molecule has 0 aliphatic heterocycles. The van der Waals surface area contributed by atoms with Gasteiger partial charge >= 0.3 is 5.97 Å². The van der Waals surface area contributed by atoms with Crippen molar-refractivity contribution >= 4 is 21.9 Å². The minimum absolute atomic E-state index is 0.00552. The molecule has 0 N–H and O–H groups in total. The summed E-state index contributed by atoms with van der Waals surface area (Å²) < 4.78 is 43.2. The van der Waals surface area contributed by atoms with E-state index < -0.39 is 27.4 Å². The fourth-order valence-electron chi connectivity index (χ4n) is 2.18. The summed E-state index contributed by atoms with van der Waals surface area (Å²) in [4.78, 5) is 12.3. The lowest BCUT2D eigenvalue weighted by molar-refractivity contribution is -0.138. The SMILES string of the molecule is CCOC(=O)/C(=C\c1ccc(F)cc1)CS(=O)(=O)c1ccc(C)cc1. The summed E-state index contributed by atoms with van der Waals surface area (Å²) in [6, 6.07) is 11.8. The Morgan fingerprint density at radius 3 is 2.24 bits per heavy atom. The zero-order valence-electron chi connectivity index (χ0n) is 14.0. The van der Waals surface area contributed by atoms with Crippen LogP contribution in [0.25, 0.3) is 6.08 Å². The third-order valence-corrected chi connectivity index (χ3v) is 5.16. The number of benzene rings is 2. The van der Waals surface area contributed by atoms with Crippen molar-refractivity contribution in [2.24, 2.45) is 0 Å². The maximum atomic E-state index is 13.0. The van der Waals surface area contributed by atoms with E-state index in [1.807, 2.05) is 6.92 Å². The molecule has 132 valence electrons. The molecule has 0 atom stereocenters. The summed E-state index contributed by atoms with van der Waals surface area (Å²) in [5.74, 6) is -1.61. The van der Waals surface area contributed by atoms with Crippen LogP contribution in [0.15, 0.2) is 59.0 Å². The molecule has 25 heavy (non-hydrogen) atoms. The molecule has 0 radical (unpaired) electrons. The zero-order chi connectivity index (χ0) is 18.4.